The molecule has 4 nitrogen and oxygen atoms in total. The van der Waals surface area contributed by atoms with E-state index in [9.17, 15) is 0 Å². The SMILES string of the molecule is OO[n+]1ccc(C=CCc2ccnc3ccccc23)c2ccccc21. The smallest absolute Gasteiger partial charge is 0.256 e. The standard InChI is InChI=1S/C21H16N2O2/c24-25-23-15-13-17(19-9-2-4-11-21(19)23)7-5-6-16-12-14-22-20-10-3-1-8-18(16)20/h1-5,7-15H,6H2/p+1. The molecule has 1 N–H and O–H groups in total. The van der Waals surface area contributed by atoms with Crippen LogP contribution in [0.3, 0.4) is 0 Å². The summed E-state index contributed by atoms with van der Waals surface area (Å²) in [5.41, 5.74) is 4.14. The number of allylic oxidation sites excluding steroid dienone is 1. The molecule has 25 heavy (non-hydrogen) atoms. The normalized spacial score (nSPS) is 11.4. The topological polar surface area (TPSA) is 46.2 Å². The van der Waals surface area contributed by atoms with Crippen LogP contribution in [0.4, 0.5) is 0 Å². The van der Waals surface area contributed by atoms with Gasteiger partial charge < -0.3 is 0 Å². The first-order valence-corrected chi connectivity index (χ1v) is 8.11. The van der Waals surface area contributed by atoms with E-state index in [4.69, 9.17) is 5.26 Å². The van der Waals surface area contributed by atoms with Gasteiger partial charge in [-0.2, -0.15) is 0 Å². The van der Waals surface area contributed by atoms with Crippen LogP contribution in [-0.2, 0) is 6.42 Å². The van der Waals surface area contributed by atoms with Gasteiger partial charge in [0.05, 0.1) is 15.6 Å². The van der Waals surface area contributed by atoms with Gasteiger partial charge in [-0.3, -0.25) is 4.98 Å². The zero-order valence-corrected chi connectivity index (χ0v) is 13.5. The summed E-state index contributed by atoms with van der Waals surface area (Å²) < 4.78 is 1.34. The van der Waals surface area contributed by atoms with Crippen LogP contribution in [-0.4, -0.2) is 10.2 Å². The molecule has 0 saturated carbocycles. The Hall–Kier alpha value is -3.24. The Kier molecular flexibility index (Phi) is 4.11. The molecule has 2 heterocycles. The van der Waals surface area contributed by atoms with Crippen molar-refractivity contribution < 1.29 is 15.0 Å². The van der Waals surface area contributed by atoms with Crippen molar-refractivity contribution in [3.05, 3.63) is 90.3 Å². The second-order valence-corrected chi connectivity index (χ2v) is 5.79. The molecular weight excluding hydrogens is 312 g/mol. The van der Waals surface area contributed by atoms with E-state index in [0.29, 0.717) is 0 Å². The van der Waals surface area contributed by atoms with E-state index in [-0.39, 0.29) is 0 Å². The van der Waals surface area contributed by atoms with Crippen LogP contribution in [0.5, 0.6) is 0 Å². The Morgan fingerprint density at radius 3 is 2.64 bits per heavy atom. The fraction of sp³-hybridized carbons (Fsp3) is 0.0476. The van der Waals surface area contributed by atoms with Gasteiger partial charge in [-0.05, 0) is 35.7 Å². The van der Waals surface area contributed by atoms with E-state index in [0.717, 1.165) is 28.4 Å². The van der Waals surface area contributed by atoms with Gasteiger partial charge >= 0.3 is 0 Å². The number of hydrogen-bond acceptors (Lipinski definition) is 3. The predicted octanol–water partition coefficient (Wildman–Crippen LogP) is 3.83. The summed E-state index contributed by atoms with van der Waals surface area (Å²) in [4.78, 5) is 8.79. The number of benzene rings is 2. The molecule has 0 atom stereocenters. The van der Waals surface area contributed by atoms with Gasteiger partial charge in [0.25, 0.3) is 5.52 Å². The Bertz CT molecular complexity index is 1070. The van der Waals surface area contributed by atoms with E-state index in [1.54, 1.807) is 6.20 Å². The Labute approximate surface area is 145 Å². The van der Waals surface area contributed by atoms with Crippen molar-refractivity contribution in [2.24, 2.45) is 0 Å². The Morgan fingerprint density at radius 1 is 0.960 bits per heavy atom. The van der Waals surface area contributed by atoms with E-state index in [1.165, 1.54) is 15.7 Å². The quantitative estimate of drug-likeness (QED) is 0.352. The minimum atomic E-state index is 0.807. The minimum Gasteiger partial charge on any atom is -0.256 e. The van der Waals surface area contributed by atoms with Gasteiger partial charge in [0.15, 0.2) is 0 Å². The molecule has 0 aliphatic heterocycles. The monoisotopic (exact) mass is 329 g/mol. The van der Waals surface area contributed by atoms with Crippen molar-refractivity contribution in [3.8, 4) is 0 Å². The number of rotatable bonds is 4. The van der Waals surface area contributed by atoms with Crippen LogP contribution in [0, 0.1) is 0 Å². The Balaban J connectivity index is 1.67. The molecule has 4 rings (SSSR count). The van der Waals surface area contributed by atoms with Crippen molar-refractivity contribution in [2.45, 2.75) is 6.42 Å². The summed E-state index contributed by atoms with van der Waals surface area (Å²) in [6, 6.07) is 19.9. The van der Waals surface area contributed by atoms with Crippen LogP contribution in [0.2, 0.25) is 0 Å². The number of nitrogens with zero attached hydrogens (tertiary/aromatic N) is 2. The fourth-order valence-corrected chi connectivity index (χ4v) is 3.09. The fourth-order valence-electron chi connectivity index (χ4n) is 3.09. The van der Waals surface area contributed by atoms with Crippen molar-refractivity contribution in [3.63, 3.8) is 0 Å². The average Bonchev–Trinajstić information content (AvgIpc) is 2.68. The van der Waals surface area contributed by atoms with E-state index in [1.807, 2.05) is 54.7 Å². The predicted molar refractivity (Wildman–Crippen MR) is 97.8 cm³/mol. The third-order valence-corrected chi connectivity index (χ3v) is 4.30. The van der Waals surface area contributed by atoms with Gasteiger partial charge in [0.1, 0.15) is 0 Å². The average molecular weight is 329 g/mol. The number of para-hydroxylation sites is 2. The molecule has 0 amide bonds. The molecule has 2 aromatic carbocycles. The molecule has 0 radical (unpaired) electrons. The van der Waals surface area contributed by atoms with Crippen LogP contribution < -0.4 is 9.72 Å². The van der Waals surface area contributed by atoms with Crippen molar-refractivity contribution >= 4 is 27.9 Å². The third kappa shape index (κ3) is 2.95. The van der Waals surface area contributed by atoms with Gasteiger partial charge in [-0.25, -0.2) is 0 Å². The highest BCUT2D eigenvalue weighted by atomic mass is 17.2. The second kappa shape index (κ2) is 6.71. The molecule has 0 aliphatic rings. The highest BCUT2D eigenvalue weighted by molar-refractivity contribution is 5.86. The highest BCUT2D eigenvalue weighted by Crippen LogP contribution is 2.19. The van der Waals surface area contributed by atoms with Crippen molar-refractivity contribution in [1.82, 2.24) is 4.98 Å². The summed E-state index contributed by atoms with van der Waals surface area (Å²) in [5, 5.41) is 11.2. The molecule has 2 aromatic heterocycles. The first-order valence-electron chi connectivity index (χ1n) is 8.11. The number of pyridine rings is 2. The molecule has 4 aromatic rings. The lowest BCUT2D eigenvalue weighted by atomic mass is 10.0. The molecule has 4 heteroatoms. The first kappa shape index (κ1) is 15.3. The summed E-state index contributed by atoms with van der Waals surface area (Å²) in [7, 11) is 0. The zero-order valence-electron chi connectivity index (χ0n) is 13.5. The lowest BCUT2D eigenvalue weighted by molar-refractivity contribution is -0.938. The lowest BCUT2D eigenvalue weighted by Crippen LogP contribution is -2.41. The molecule has 0 aliphatic carbocycles. The maximum absolute atomic E-state index is 8.99. The zero-order chi connectivity index (χ0) is 17.1. The molecule has 0 fully saturated rings. The first-order chi connectivity index (χ1) is 12.4. The summed E-state index contributed by atoms with van der Waals surface area (Å²) in [5.74, 6) is 0. The maximum atomic E-state index is 8.99. The number of hydrogen-bond donors (Lipinski definition) is 1. The van der Waals surface area contributed by atoms with E-state index < -0.39 is 0 Å². The van der Waals surface area contributed by atoms with Gasteiger partial charge in [0.2, 0.25) is 6.20 Å². The van der Waals surface area contributed by atoms with E-state index in [2.05, 4.69) is 34.3 Å². The van der Waals surface area contributed by atoms with Crippen molar-refractivity contribution in [2.75, 3.05) is 0 Å². The maximum Gasteiger partial charge on any atom is 0.269 e. The summed E-state index contributed by atoms with van der Waals surface area (Å²) in [6.07, 6.45) is 8.62. The van der Waals surface area contributed by atoms with E-state index >= 15 is 0 Å². The number of fused-ring (bicyclic) bond motifs is 2. The lowest BCUT2D eigenvalue weighted by Gasteiger charge is -2.03. The minimum absolute atomic E-state index is 0.807. The number of aromatic nitrogens is 2. The third-order valence-electron chi connectivity index (χ3n) is 4.30. The van der Waals surface area contributed by atoms with Crippen LogP contribution in [0.15, 0.2) is 79.1 Å². The molecule has 0 spiro atoms. The molecule has 122 valence electrons. The van der Waals surface area contributed by atoms with Crippen molar-refractivity contribution in [1.29, 1.82) is 0 Å². The van der Waals surface area contributed by atoms with Crippen LogP contribution in [0.1, 0.15) is 11.1 Å². The van der Waals surface area contributed by atoms with Gasteiger partial charge in [0, 0.05) is 23.7 Å². The molecule has 0 bridgehead atoms. The van der Waals surface area contributed by atoms with Crippen LogP contribution in [0.25, 0.3) is 27.9 Å². The summed E-state index contributed by atoms with van der Waals surface area (Å²) >= 11 is 0. The molecule has 0 unspecified atom stereocenters. The summed E-state index contributed by atoms with van der Waals surface area (Å²) in [6.45, 7) is 0. The van der Waals surface area contributed by atoms with Gasteiger partial charge in [-0.1, -0.05) is 47.5 Å². The largest absolute Gasteiger partial charge is 0.269 e. The molecule has 0 saturated heterocycles. The molecular formula is C21H17N2O2+. The van der Waals surface area contributed by atoms with Gasteiger partial charge in [-0.15, -0.1) is 5.26 Å². The highest BCUT2D eigenvalue weighted by Gasteiger charge is 2.12. The second-order valence-electron chi connectivity index (χ2n) is 5.79. The Morgan fingerprint density at radius 2 is 1.76 bits per heavy atom. The van der Waals surface area contributed by atoms with Crippen LogP contribution >= 0.6 is 0 Å².